The number of ether oxygens (including phenoxy) is 6. The van der Waals surface area contributed by atoms with Gasteiger partial charge in [-0.3, -0.25) is 52.1 Å². The van der Waals surface area contributed by atoms with E-state index in [0.29, 0.717) is 28.2 Å². The summed E-state index contributed by atoms with van der Waals surface area (Å²) in [6, 6.07) is 23.6. The molecule has 11 unspecified atom stereocenters. The Kier molecular flexibility index (Phi) is 17.6. The van der Waals surface area contributed by atoms with Gasteiger partial charge in [-0.15, -0.1) is 0 Å². The maximum Gasteiger partial charge on any atom is 0.472 e. The van der Waals surface area contributed by atoms with Crippen LogP contribution in [0.2, 0.25) is 0 Å². The summed E-state index contributed by atoms with van der Waals surface area (Å²) < 4.78 is 77.2. The minimum Gasteiger partial charge on any atom is -0.497 e. The topological polar surface area (TPSA) is 335 Å². The molecule has 6 N–H and O–H groups in total. The Labute approximate surface area is 459 Å². The minimum absolute atomic E-state index is 0.0999. The van der Waals surface area contributed by atoms with Crippen molar-refractivity contribution in [1.29, 1.82) is 0 Å². The zero-order chi connectivity index (χ0) is 57.3. The fraction of sp³-hybridized carbons (Fsp3) is 0.412. The van der Waals surface area contributed by atoms with Crippen LogP contribution in [0.3, 0.4) is 0 Å². The highest BCUT2D eigenvalue weighted by Crippen LogP contribution is 2.53. The van der Waals surface area contributed by atoms with Crippen LogP contribution in [0, 0.1) is 20.8 Å². The van der Waals surface area contributed by atoms with Crippen molar-refractivity contribution in [2.24, 2.45) is 0 Å². The summed E-state index contributed by atoms with van der Waals surface area (Å²) >= 11 is 5.38. The highest BCUT2D eigenvalue weighted by molar-refractivity contribution is 8.07. The molecular weight excluding hydrogens is 1110 g/mol. The normalized spacial score (nSPS) is 24.6. The lowest BCUT2D eigenvalue weighted by atomic mass is 9.80. The zero-order valence-electron chi connectivity index (χ0n) is 43.6. The number of methoxy groups -OCH3 is 2. The van der Waals surface area contributed by atoms with E-state index in [1.165, 1.54) is 53.6 Å². The number of aryl methyl sites for hydroxylation is 3. The van der Waals surface area contributed by atoms with Gasteiger partial charge in [0.05, 0.1) is 46.2 Å². The van der Waals surface area contributed by atoms with Gasteiger partial charge in [-0.25, -0.2) is 18.9 Å². The molecule has 3 fully saturated rings. The number of nitrogens with zero attached hydrogens (tertiary/aromatic N) is 3. The Morgan fingerprint density at radius 1 is 0.575 bits per heavy atom. The molecule has 0 radical (unpaired) electrons. The molecule has 0 aliphatic carbocycles. The molecule has 9 rings (SSSR count). The van der Waals surface area contributed by atoms with Crippen molar-refractivity contribution in [3.05, 3.63) is 193 Å². The van der Waals surface area contributed by atoms with Crippen molar-refractivity contribution in [2.45, 2.75) is 101 Å². The van der Waals surface area contributed by atoms with Gasteiger partial charge < -0.3 is 52.4 Å². The quantitative estimate of drug-likeness (QED) is 0.0446. The molecule has 11 atom stereocenters. The summed E-state index contributed by atoms with van der Waals surface area (Å²) in [5.41, 5.74) is -3.32. The predicted molar refractivity (Wildman–Crippen MR) is 286 cm³/mol. The van der Waals surface area contributed by atoms with Gasteiger partial charge in [0, 0.05) is 54.5 Å². The van der Waals surface area contributed by atoms with Gasteiger partial charge in [0.2, 0.25) is 0 Å². The number of rotatable bonds is 21. The van der Waals surface area contributed by atoms with Crippen LogP contribution >= 0.6 is 14.5 Å². The molecule has 26 nitrogen and oxygen atoms in total. The number of benzene rings is 3. The van der Waals surface area contributed by atoms with Gasteiger partial charge in [0.15, 0.2) is 0 Å². The first-order chi connectivity index (χ1) is 38.1. The van der Waals surface area contributed by atoms with E-state index < -0.39 is 122 Å². The monoisotopic (exact) mass is 1170 g/mol. The average molecular weight is 1170 g/mol. The van der Waals surface area contributed by atoms with E-state index >= 15 is 0 Å². The third-order valence-corrected chi connectivity index (χ3v) is 16.5. The number of phosphoric acid groups is 1. The Bertz CT molecular complexity index is 3620. The Morgan fingerprint density at radius 2 is 0.975 bits per heavy atom. The third kappa shape index (κ3) is 12.8. The highest BCUT2D eigenvalue weighted by atomic mass is 32.5. The highest BCUT2D eigenvalue weighted by Gasteiger charge is 2.48. The zero-order valence-corrected chi connectivity index (χ0v) is 46.2. The summed E-state index contributed by atoms with van der Waals surface area (Å²) in [5.74, 6) is 1.14. The number of hydrogen-bond acceptors (Lipinski definition) is 19. The van der Waals surface area contributed by atoms with E-state index in [-0.39, 0.29) is 42.6 Å². The van der Waals surface area contributed by atoms with Crippen molar-refractivity contribution in [3.63, 3.8) is 0 Å². The molecule has 3 aromatic carbocycles. The number of hydrogen-bond donors (Lipinski definition) is 6. The van der Waals surface area contributed by atoms with Gasteiger partial charge in [-0.2, -0.15) is 0 Å². The average Bonchev–Trinajstić information content (AvgIpc) is 4.18. The maximum atomic E-state index is 14.3. The Balaban J connectivity index is 0.973. The minimum atomic E-state index is -5.26. The maximum absolute atomic E-state index is 14.3. The first kappa shape index (κ1) is 58.4. The van der Waals surface area contributed by atoms with Crippen LogP contribution in [-0.4, -0.2) is 114 Å². The summed E-state index contributed by atoms with van der Waals surface area (Å²) in [5, 5.41) is 10.9. The fourth-order valence-corrected chi connectivity index (χ4v) is 12.2. The van der Waals surface area contributed by atoms with Crippen LogP contribution in [-0.2, 0) is 59.0 Å². The van der Waals surface area contributed by atoms with Crippen LogP contribution in [0.4, 0.5) is 0 Å². The summed E-state index contributed by atoms with van der Waals surface area (Å²) in [6.45, 7) is -1.68. The molecule has 428 valence electrons. The number of aliphatic hydroxyl groups is 1. The molecule has 0 spiro atoms. The van der Waals surface area contributed by atoms with Crippen LogP contribution in [0.5, 0.6) is 11.5 Å². The fourth-order valence-electron chi connectivity index (χ4n) is 9.72. The molecule has 80 heavy (non-hydrogen) atoms. The van der Waals surface area contributed by atoms with Crippen molar-refractivity contribution in [3.8, 4) is 11.5 Å². The number of aromatic amines is 3. The second-order valence-corrected chi connectivity index (χ2v) is 23.4. The number of H-pyrrole nitrogens is 3. The van der Waals surface area contributed by atoms with E-state index in [9.17, 15) is 48.2 Å². The van der Waals surface area contributed by atoms with Crippen molar-refractivity contribution in [2.75, 3.05) is 34.0 Å². The van der Waals surface area contributed by atoms with Crippen molar-refractivity contribution in [1.82, 2.24) is 28.7 Å². The molecule has 0 amide bonds. The Hall–Kier alpha value is -6.26. The summed E-state index contributed by atoms with van der Waals surface area (Å²) in [4.78, 5) is 105. The second kappa shape index (κ2) is 24.1. The van der Waals surface area contributed by atoms with Crippen LogP contribution in [0.1, 0.15) is 71.3 Å². The molecule has 3 saturated heterocycles. The number of aliphatic hydroxyl groups excluding tert-OH is 1. The van der Waals surface area contributed by atoms with Crippen molar-refractivity contribution >= 4 is 26.3 Å². The molecule has 0 bridgehead atoms. The SMILES string of the molecule is COc1ccc(C(OCC2OC(n3cc(C)c(=O)[nH]c3=O)CC2OP(=O)(O)OCC2OC(n3cc(C)c(=O)[nH]c3=O)CC2OP(O)(=S)OCC2OC(n3cc(C)c(=O)[nH]c3=O)CC2O)(c2ccccc2)c2ccc(OC)cc2)cc1. The molecule has 0 saturated carbocycles. The predicted octanol–water partition coefficient (Wildman–Crippen LogP) is 2.93. The molecular formula is C51H58N6O20P2S. The van der Waals surface area contributed by atoms with E-state index in [1.54, 1.807) is 24.3 Å². The van der Waals surface area contributed by atoms with Crippen LogP contribution < -0.4 is 43.2 Å². The largest absolute Gasteiger partial charge is 0.497 e. The molecule has 3 aromatic heterocycles. The lowest BCUT2D eigenvalue weighted by Gasteiger charge is -2.37. The lowest BCUT2D eigenvalue weighted by Crippen LogP contribution is -2.38. The molecule has 6 heterocycles. The third-order valence-electron chi connectivity index (χ3n) is 13.9. The van der Waals surface area contributed by atoms with Gasteiger partial charge >= 0.3 is 31.6 Å². The summed E-state index contributed by atoms with van der Waals surface area (Å²) in [7, 11) is -2.19. The second-order valence-electron chi connectivity index (χ2n) is 19.2. The molecule has 29 heteroatoms. The number of phosphoric ester groups is 1. The van der Waals surface area contributed by atoms with E-state index in [0.717, 1.165) is 13.7 Å². The molecule has 6 aromatic rings. The van der Waals surface area contributed by atoms with Crippen LogP contribution in [0.15, 0.2) is 126 Å². The number of nitrogens with one attached hydrogen (secondary N) is 3. The van der Waals surface area contributed by atoms with E-state index in [2.05, 4.69) is 15.0 Å². The molecule has 3 aliphatic rings. The molecule has 3 aliphatic heterocycles. The number of aromatic nitrogens is 6. The standard InChI is InChI=1S/C51H58N6O20P2S/c1-28-22-55(48(62)52-45(28)59)42-19-36(58)39(73-42)26-72-79(67,80)77-38-21-44(57-24-30(3)47(61)54-50(57)64)75-41(38)27-71-78(65,66)76-37-20-43(56-23-29(2)46(60)53-49(56)63)74-40(37)25-70-51(31-9-7-6-8-10-31,32-11-15-34(68-4)16-12-32)33-13-17-35(69-5)18-14-33/h6-18,22-24,36-44,58H,19-21,25-27H2,1-5H3,(H,65,66)(H,67,80)(H,52,59,62)(H,53,60,63)(H,54,61,64). The van der Waals surface area contributed by atoms with Gasteiger partial charge in [-0.05, 0) is 73.5 Å². The Morgan fingerprint density at radius 3 is 1.44 bits per heavy atom. The van der Waals surface area contributed by atoms with E-state index in [1.807, 2.05) is 54.6 Å². The first-order valence-electron chi connectivity index (χ1n) is 25.0. The smallest absolute Gasteiger partial charge is 0.472 e. The van der Waals surface area contributed by atoms with E-state index in [4.69, 9.17) is 58.3 Å². The van der Waals surface area contributed by atoms with Crippen molar-refractivity contribution < 1.29 is 66.0 Å². The van der Waals surface area contributed by atoms with Gasteiger partial charge in [0.25, 0.3) is 16.7 Å². The van der Waals surface area contributed by atoms with Gasteiger partial charge in [0.1, 0.15) is 60.2 Å². The first-order valence-corrected chi connectivity index (χ1v) is 29.1. The van der Waals surface area contributed by atoms with Gasteiger partial charge in [-0.1, -0.05) is 54.6 Å². The van der Waals surface area contributed by atoms with Crippen LogP contribution in [0.25, 0.3) is 0 Å². The summed E-state index contributed by atoms with van der Waals surface area (Å²) in [6.07, 6.45) is -8.04. The lowest BCUT2D eigenvalue weighted by molar-refractivity contribution is -0.0952.